The zero-order chi connectivity index (χ0) is 23.6. The molecule has 1 atom stereocenters. The van der Waals surface area contributed by atoms with Crippen molar-refractivity contribution < 1.29 is 28.5 Å². The molecule has 4 fully saturated rings. The van der Waals surface area contributed by atoms with Gasteiger partial charge >= 0.3 is 5.97 Å². The second kappa shape index (κ2) is 9.65. The molecule has 0 aromatic heterocycles. The van der Waals surface area contributed by atoms with E-state index in [4.69, 9.17) is 18.9 Å². The van der Waals surface area contributed by atoms with Gasteiger partial charge in [-0.25, -0.2) is 4.79 Å². The normalized spacial score (nSPS) is 28.4. The maximum absolute atomic E-state index is 12.5. The number of esters is 1. The first-order chi connectivity index (χ1) is 15.9. The molecule has 7 heteroatoms. The predicted molar refractivity (Wildman–Crippen MR) is 124 cm³/mol. The molecule has 4 aliphatic rings. The third kappa shape index (κ3) is 4.97. The lowest BCUT2D eigenvalue weighted by molar-refractivity contribution is -0.145. The summed E-state index contributed by atoms with van der Waals surface area (Å²) in [5.74, 6) is 3.21. The summed E-state index contributed by atoms with van der Waals surface area (Å²) >= 11 is 0. The van der Waals surface area contributed by atoms with Crippen molar-refractivity contribution >= 4 is 18.0 Å². The van der Waals surface area contributed by atoms with Crippen LogP contribution in [-0.4, -0.2) is 45.9 Å². The Morgan fingerprint density at radius 2 is 1.52 bits per heavy atom. The van der Waals surface area contributed by atoms with Gasteiger partial charge in [-0.05, 0) is 80.8 Å². The molecular formula is C26H35NO6. The largest absolute Gasteiger partial charge is 0.496 e. The first kappa shape index (κ1) is 23.5. The number of methoxy groups -OCH3 is 3. The van der Waals surface area contributed by atoms with Gasteiger partial charge in [0.2, 0.25) is 0 Å². The third-order valence-corrected chi connectivity index (χ3v) is 7.86. The highest BCUT2D eigenvalue weighted by molar-refractivity contribution is 5.90. The van der Waals surface area contributed by atoms with Crippen molar-refractivity contribution in [2.75, 3.05) is 27.9 Å². The van der Waals surface area contributed by atoms with Crippen molar-refractivity contribution in [3.05, 3.63) is 23.8 Å². The number of hydrogen-bond donors (Lipinski definition) is 1. The number of amides is 1. The topological polar surface area (TPSA) is 83.1 Å². The summed E-state index contributed by atoms with van der Waals surface area (Å²) in [6, 6.07) is 3.49. The highest BCUT2D eigenvalue weighted by atomic mass is 16.5. The number of carbonyl (C=O) groups is 2. The van der Waals surface area contributed by atoms with Crippen LogP contribution >= 0.6 is 0 Å². The summed E-state index contributed by atoms with van der Waals surface area (Å²) in [5, 5.41) is 3.12. The molecule has 33 heavy (non-hydrogen) atoms. The number of nitrogens with one attached hydrogen (secondary N) is 1. The van der Waals surface area contributed by atoms with Crippen LogP contribution in [-0.2, 0) is 14.3 Å². The van der Waals surface area contributed by atoms with E-state index in [2.05, 4.69) is 12.2 Å². The average molecular weight is 458 g/mol. The van der Waals surface area contributed by atoms with E-state index >= 15 is 0 Å². The summed E-state index contributed by atoms with van der Waals surface area (Å²) in [7, 11) is 4.61. The van der Waals surface area contributed by atoms with Crippen LogP contribution in [0.4, 0.5) is 0 Å². The molecule has 1 amide bonds. The molecule has 1 unspecified atom stereocenters. The number of hydrogen-bond acceptors (Lipinski definition) is 6. The van der Waals surface area contributed by atoms with Crippen molar-refractivity contribution in [1.82, 2.24) is 5.32 Å². The van der Waals surface area contributed by atoms with Gasteiger partial charge in [0.1, 0.15) is 5.75 Å². The van der Waals surface area contributed by atoms with Crippen LogP contribution in [0.5, 0.6) is 17.2 Å². The Morgan fingerprint density at radius 1 is 0.970 bits per heavy atom. The van der Waals surface area contributed by atoms with E-state index in [0.29, 0.717) is 22.8 Å². The molecule has 0 aliphatic heterocycles. The van der Waals surface area contributed by atoms with E-state index in [-0.39, 0.29) is 24.0 Å². The van der Waals surface area contributed by atoms with E-state index in [1.807, 2.05) is 0 Å². The molecule has 180 valence electrons. The SMILES string of the molecule is COc1cc(OC)c(OC)cc1/C=C/C(=O)OCC(=O)NC(C)C12CC3CC(CC(C3)C1)C2. The van der Waals surface area contributed by atoms with Gasteiger partial charge in [-0.2, -0.15) is 0 Å². The van der Waals surface area contributed by atoms with Gasteiger partial charge in [0.15, 0.2) is 18.1 Å². The Bertz CT molecular complexity index is 888. The van der Waals surface area contributed by atoms with E-state index in [1.54, 1.807) is 25.3 Å². The van der Waals surface area contributed by atoms with Crippen LogP contribution in [0.2, 0.25) is 0 Å². The van der Waals surface area contributed by atoms with Gasteiger partial charge in [-0.3, -0.25) is 4.79 Å². The van der Waals surface area contributed by atoms with Crippen molar-refractivity contribution in [3.8, 4) is 17.2 Å². The van der Waals surface area contributed by atoms with Gasteiger partial charge in [0, 0.05) is 23.7 Å². The molecule has 4 bridgehead atoms. The average Bonchev–Trinajstić information content (AvgIpc) is 2.79. The van der Waals surface area contributed by atoms with Crippen LogP contribution in [0.3, 0.4) is 0 Å². The minimum Gasteiger partial charge on any atom is -0.496 e. The van der Waals surface area contributed by atoms with Gasteiger partial charge in [0.05, 0.1) is 21.3 Å². The lowest BCUT2D eigenvalue weighted by atomic mass is 9.48. The standard InChI is InChI=1S/C26H35NO6/c1-16(26-12-17-7-18(13-26)9-19(8-17)14-26)27-24(28)15-33-25(29)6-5-20-10-22(31-3)23(32-4)11-21(20)30-2/h5-6,10-11,16-19H,7-9,12-15H2,1-4H3,(H,27,28)/b6-5+. The Morgan fingerprint density at radius 3 is 2.06 bits per heavy atom. The fourth-order valence-corrected chi connectivity index (χ4v) is 6.67. The molecule has 5 rings (SSSR count). The minimum absolute atomic E-state index is 0.101. The number of carbonyl (C=O) groups excluding carboxylic acids is 2. The lowest BCUT2D eigenvalue weighted by Gasteiger charge is -2.59. The molecule has 1 N–H and O–H groups in total. The molecular weight excluding hydrogens is 422 g/mol. The summed E-state index contributed by atoms with van der Waals surface area (Å²) in [6.07, 6.45) is 10.6. The lowest BCUT2D eigenvalue weighted by Crippen LogP contribution is -2.56. The molecule has 4 saturated carbocycles. The third-order valence-electron chi connectivity index (χ3n) is 7.86. The zero-order valence-electron chi connectivity index (χ0n) is 20.0. The van der Waals surface area contributed by atoms with Crippen molar-refractivity contribution in [2.24, 2.45) is 23.2 Å². The Hall–Kier alpha value is -2.70. The second-order valence-corrected chi connectivity index (χ2v) is 9.96. The molecule has 0 spiro atoms. The molecule has 0 heterocycles. The van der Waals surface area contributed by atoms with Crippen LogP contribution in [0.15, 0.2) is 18.2 Å². The fraction of sp³-hybridized carbons (Fsp3) is 0.615. The minimum atomic E-state index is -0.593. The van der Waals surface area contributed by atoms with Gasteiger partial charge < -0.3 is 24.3 Å². The van der Waals surface area contributed by atoms with E-state index in [9.17, 15) is 9.59 Å². The van der Waals surface area contributed by atoms with Crippen LogP contribution in [0.1, 0.15) is 51.0 Å². The highest BCUT2D eigenvalue weighted by Crippen LogP contribution is 2.61. The Kier molecular flexibility index (Phi) is 6.86. The van der Waals surface area contributed by atoms with Gasteiger partial charge in [-0.15, -0.1) is 0 Å². The maximum atomic E-state index is 12.5. The van der Waals surface area contributed by atoms with Gasteiger partial charge in [0.25, 0.3) is 5.91 Å². The van der Waals surface area contributed by atoms with Crippen molar-refractivity contribution in [1.29, 1.82) is 0 Å². The summed E-state index contributed by atoms with van der Waals surface area (Å²) in [5.41, 5.74) is 0.852. The Labute approximate surface area is 195 Å². The molecule has 0 saturated heterocycles. The number of benzene rings is 1. The predicted octanol–water partition coefficient (Wildman–Crippen LogP) is 3.99. The quantitative estimate of drug-likeness (QED) is 0.446. The molecule has 7 nitrogen and oxygen atoms in total. The molecule has 4 aliphatic carbocycles. The first-order valence-corrected chi connectivity index (χ1v) is 11.8. The molecule has 0 radical (unpaired) electrons. The zero-order valence-corrected chi connectivity index (χ0v) is 20.0. The number of rotatable bonds is 9. The molecule has 1 aromatic carbocycles. The van der Waals surface area contributed by atoms with Crippen LogP contribution in [0, 0.1) is 23.2 Å². The summed E-state index contributed by atoms with van der Waals surface area (Å²) in [6.45, 7) is 1.83. The van der Waals surface area contributed by atoms with Gasteiger partial charge in [-0.1, -0.05) is 0 Å². The maximum Gasteiger partial charge on any atom is 0.331 e. The van der Waals surface area contributed by atoms with E-state index in [0.717, 1.165) is 17.8 Å². The first-order valence-electron chi connectivity index (χ1n) is 11.8. The van der Waals surface area contributed by atoms with Crippen molar-refractivity contribution in [2.45, 2.75) is 51.5 Å². The second-order valence-electron chi connectivity index (χ2n) is 9.96. The van der Waals surface area contributed by atoms with Crippen molar-refractivity contribution in [3.63, 3.8) is 0 Å². The van der Waals surface area contributed by atoms with Crippen LogP contribution < -0.4 is 19.5 Å². The fourth-order valence-electron chi connectivity index (χ4n) is 6.67. The summed E-state index contributed by atoms with van der Waals surface area (Å²) in [4.78, 5) is 24.7. The smallest absolute Gasteiger partial charge is 0.331 e. The summed E-state index contributed by atoms with van der Waals surface area (Å²) < 4.78 is 21.1. The highest BCUT2D eigenvalue weighted by Gasteiger charge is 2.53. The monoisotopic (exact) mass is 457 g/mol. The molecule has 1 aromatic rings. The van der Waals surface area contributed by atoms with E-state index < -0.39 is 5.97 Å². The van der Waals surface area contributed by atoms with E-state index in [1.165, 1.54) is 58.8 Å². The Balaban J connectivity index is 1.30. The number of ether oxygens (including phenoxy) is 4. The van der Waals surface area contributed by atoms with Crippen LogP contribution in [0.25, 0.3) is 6.08 Å².